The Morgan fingerprint density at radius 3 is 2.62 bits per heavy atom. The van der Waals surface area contributed by atoms with Gasteiger partial charge in [0.15, 0.2) is 0 Å². The lowest BCUT2D eigenvalue weighted by atomic mass is 10.1. The van der Waals surface area contributed by atoms with E-state index in [1.165, 1.54) is 0 Å². The molecule has 0 saturated heterocycles. The smallest absolute Gasteiger partial charge is 0.122 e. The molecule has 0 heterocycles. The molecule has 0 aromatic heterocycles. The number of hydrogen-bond donors (Lipinski definition) is 3. The number of anilines is 1. The molecule has 0 aliphatic carbocycles. The van der Waals surface area contributed by atoms with Crippen molar-refractivity contribution >= 4 is 5.69 Å². The highest BCUT2D eigenvalue weighted by Crippen LogP contribution is 2.28. The summed E-state index contributed by atoms with van der Waals surface area (Å²) < 4.78 is 0. The molecule has 0 bridgehead atoms. The van der Waals surface area contributed by atoms with Gasteiger partial charge in [0, 0.05) is 37.0 Å². The number of phenolic OH excluding ortho intramolecular Hbond substituents is 1. The average molecular weight is 224 g/mol. The van der Waals surface area contributed by atoms with E-state index in [1.807, 2.05) is 38.1 Å². The largest absolute Gasteiger partial charge is 0.508 e. The van der Waals surface area contributed by atoms with Crippen molar-refractivity contribution in [3.8, 4) is 5.75 Å². The van der Waals surface area contributed by atoms with Crippen LogP contribution in [0.4, 0.5) is 5.69 Å². The Kier molecular flexibility index (Phi) is 4.58. The van der Waals surface area contributed by atoms with Crippen LogP contribution in [0.15, 0.2) is 18.2 Å². The highest BCUT2D eigenvalue weighted by atomic mass is 16.3. The van der Waals surface area contributed by atoms with Crippen LogP contribution in [0.3, 0.4) is 0 Å². The zero-order chi connectivity index (χ0) is 12.1. The van der Waals surface area contributed by atoms with Crippen molar-refractivity contribution in [2.45, 2.75) is 13.0 Å². The summed E-state index contributed by atoms with van der Waals surface area (Å²) in [5, 5.41) is 21.8. The van der Waals surface area contributed by atoms with Gasteiger partial charge in [-0.3, -0.25) is 0 Å². The standard InChI is InChI=1S/C12H20N2O2/c1-9(13-2)11-5-4-10(8-12(11)16)14(3)6-7-15/h4-5,8-9,13,15-16H,6-7H2,1-3H3. The Bertz CT molecular complexity index is 342. The molecule has 1 atom stereocenters. The Hall–Kier alpha value is -1.26. The summed E-state index contributed by atoms with van der Waals surface area (Å²) in [5.41, 5.74) is 1.78. The molecule has 3 N–H and O–H groups in total. The highest BCUT2D eigenvalue weighted by Gasteiger charge is 2.10. The molecule has 1 aromatic carbocycles. The van der Waals surface area contributed by atoms with E-state index in [2.05, 4.69) is 5.32 Å². The maximum atomic E-state index is 9.88. The second-order valence-corrected chi connectivity index (χ2v) is 3.90. The van der Waals surface area contributed by atoms with Gasteiger partial charge in [0.05, 0.1) is 6.61 Å². The van der Waals surface area contributed by atoms with Gasteiger partial charge in [0.25, 0.3) is 0 Å². The van der Waals surface area contributed by atoms with Gasteiger partial charge in [-0.15, -0.1) is 0 Å². The predicted octanol–water partition coefficient (Wildman–Crippen LogP) is 1.10. The Labute approximate surface area is 96.5 Å². The maximum Gasteiger partial charge on any atom is 0.122 e. The molecule has 1 unspecified atom stereocenters. The molecule has 0 amide bonds. The SMILES string of the molecule is CNC(C)c1ccc(N(C)CCO)cc1O. The summed E-state index contributed by atoms with van der Waals surface area (Å²) in [6.07, 6.45) is 0. The summed E-state index contributed by atoms with van der Waals surface area (Å²) in [5.74, 6) is 0.282. The number of aliphatic hydroxyl groups excluding tert-OH is 1. The van der Waals surface area contributed by atoms with Crippen molar-refractivity contribution < 1.29 is 10.2 Å². The lowest BCUT2D eigenvalue weighted by Crippen LogP contribution is -2.21. The maximum absolute atomic E-state index is 9.88. The van der Waals surface area contributed by atoms with Crippen LogP contribution in [0.2, 0.25) is 0 Å². The first-order valence-corrected chi connectivity index (χ1v) is 5.42. The fraction of sp³-hybridized carbons (Fsp3) is 0.500. The van der Waals surface area contributed by atoms with Crippen LogP contribution in [0.1, 0.15) is 18.5 Å². The topological polar surface area (TPSA) is 55.7 Å². The third-order valence-electron chi connectivity index (χ3n) is 2.79. The van der Waals surface area contributed by atoms with Crippen molar-refractivity contribution in [2.75, 3.05) is 32.1 Å². The number of rotatable bonds is 5. The molecular formula is C12H20N2O2. The zero-order valence-corrected chi connectivity index (χ0v) is 10.1. The van der Waals surface area contributed by atoms with E-state index in [4.69, 9.17) is 5.11 Å². The van der Waals surface area contributed by atoms with Gasteiger partial charge in [-0.25, -0.2) is 0 Å². The molecule has 90 valence electrons. The third-order valence-corrected chi connectivity index (χ3v) is 2.79. The molecule has 1 rings (SSSR count). The quantitative estimate of drug-likeness (QED) is 0.701. The van der Waals surface area contributed by atoms with E-state index < -0.39 is 0 Å². The number of nitrogens with zero attached hydrogens (tertiary/aromatic N) is 1. The lowest BCUT2D eigenvalue weighted by Gasteiger charge is -2.20. The van der Waals surface area contributed by atoms with E-state index in [-0.39, 0.29) is 18.4 Å². The molecule has 0 fully saturated rings. The fourth-order valence-electron chi connectivity index (χ4n) is 1.57. The van der Waals surface area contributed by atoms with Crippen molar-refractivity contribution in [2.24, 2.45) is 0 Å². The molecule has 0 aliphatic rings. The first-order chi connectivity index (χ1) is 7.60. The number of phenols is 1. The number of aliphatic hydroxyl groups is 1. The molecular weight excluding hydrogens is 204 g/mol. The van der Waals surface area contributed by atoms with Crippen molar-refractivity contribution in [3.05, 3.63) is 23.8 Å². The van der Waals surface area contributed by atoms with Gasteiger partial charge < -0.3 is 20.4 Å². The summed E-state index contributed by atoms with van der Waals surface area (Å²) in [6.45, 7) is 2.65. The molecule has 16 heavy (non-hydrogen) atoms. The normalized spacial score (nSPS) is 12.5. The molecule has 0 radical (unpaired) electrons. The molecule has 0 spiro atoms. The van der Waals surface area contributed by atoms with E-state index >= 15 is 0 Å². The number of aromatic hydroxyl groups is 1. The van der Waals surface area contributed by atoms with Crippen LogP contribution >= 0.6 is 0 Å². The van der Waals surface area contributed by atoms with Crippen LogP contribution in [-0.2, 0) is 0 Å². The molecule has 0 saturated carbocycles. The summed E-state index contributed by atoms with van der Waals surface area (Å²) in [7, 11) is 3.74. The van der Waals surface area contributed by atoms with E-state index in [0.29, 0.717) is 6.54 Å². The van der Waals surface area contributed by atoms with Gasteiger partial charge in [-0.1, -0.05) is 6.07 Å². The van der Waals surface area contributed by atoms with Gasteiger partial charge in [0.2, 0.25) is 0 Å². The van der Waals surface area contributed by atoms with Crippen LogP contribution < -0.4 is 10.2 Å². The zero-order valence-electron chi connectivity index (χ0n) is 10.1. The van der Waals surface area contributed by atoms with E-state index in [0.717, 1.165) is 11.3 Å². The van der Waals surface area contributed by atoms with E-state index in [1.54, 1.807) is 6.07 Å². The minimum Gasteiger partial charge on any atom is -0.508 e. The number of nitrogens with one attached hydrogen (secondary N) is 1. The van der Waals surface area contributed by atoms with Crippen molar-refractivity contribution in [3.63, 3.8) is 0 Å². The minimum atomic E-state index is 0.103. The third kappa shape index (κ3) is 2.87. The minimum absolute atomic E-state index is 0.103. The fourth-order valence-corrected chi connectivity index (χ4v) is 1.57. The van der Waals surface area contributed by atoms with Crippen LogP contribution in [0.25, 0.3) is 0 Å². The first-order valence-electron chi connectivity index (χ1n) is 5.42. The number of hydrogen-bond acceptors (Lipinski definition) is 4. The van der Waals surface area contributed by atoms with Gasteiger partial charge in [-0.2, -0.15) is 0 Å². The lowest BCUT2D eigenvalue weighted by molar-refractivity contribution is 0.304. The second kappa shape index (κ2) is 5.72. The van der Waals surface area contributed by atoms with Crippen LogP contribution in [0, 0.1) is 0 Å². The summed E-state index contributed by atoms with van der Waals surface area (Å²) >= 11 is 0. The Balaban J connectivity index is 2.90. The van der Waals surface area contributed by atoms with Gasteiger partial charge >= 0.3 is 0 Å². The predicted molar refractivity (Wildman–Crippen MR) is 65.9 cm³/mol. The molecule has 4 nitrogen and oxygen atoms in total. The highest BCUT2D eigenvalue weighted by molar-refractivity contribution is 5.53. The van der Waals surface area contributed by atoms with Crippen LogP contribution in [-0.4, -0.2) is 37.5 Å². The summed E-state index contributed by atoms with van der Waals surface area (Å²) in [4.78, 5) is 1.90. The molecule has 1 aromatic rings. The van der Waals surface area contributed by atoms with Crippen molar-refractivity contribution in [1.29, 1.82) is 0 Å². The number of benzene rings is 1. The Morgan fingerprint density at radius 1 is 1.44 bits per heavy atom. The second-order valence-electron chi connectivity index (χ2n) is 3.90. The average Bonchev–Trinajstić information content (AvgIpc) is 2.28. The van der Waals surface area contributed by atoms with E-state index in [9.17, 15) is 5.11 Å². The molecule has 0 aliphatic heterocycles. The first kappa shape index (κ1) is 12.8. The number of likely N-dealkylation sites (N-methyl/N-ethyl adjacent to an activating group) is 1. The monoisotopic (exact) mass is 224 g/mol. The van der Waals surface area contributed by atoms with Gasteiger partial charge in [-0.05, 0) is 20.0 Å². The molecule has 4 heteroatoms. The Morgan fingerprint density at radius 2 is 2.12 bits per heavy atom. The van der Waals surface area contributed by atoms with Crippen molar-refractivity contribution in [1.82, 2.24) is 5.32 Å². The van der Waals surface area contributed by atoms with Gasteiger partial charge in [0.1, 0.15) is 5.75 Å². The van der Waals surface area contributed by atoms with Crippen LogP contribution in [0.5, 0.6) is 5.75 Å². The summed E-state index contributed by atoms with van der Waals surface area (Å²) in [6, 6.07) is 5.69.